The van der Waals surface area contributed by atoms with Crippen molar-refractivity contribution in [2.45, 2.75) is 57.9 Å². The number of pyridine rings is 1. The van der Waals surface area contributed by atoms with E-state index >= 15 is 0 Å². The van der Waals surface area contributed by atoms with Crippen LogP contribution in [0.1, 0.15) is 72.7 Å². The summed E-state index contributed by atoms with van der Waals surface area (Å²) in [5, 5.41) is 3.04. The number of unbranched alkanes of at least 4 members (excludes halogenated alkanes) is 1. The van der Waals surface area contributed by atoms with Gasteiger partial charge < -0.3 is 10.2 Å². The summed E-state index contributed by atoms with van der Waals surface area (Å²) in [7, 11) is 1.79. The van der Waals surface area contributed by atoms with Gasteiger partial charge in [0.05, 0.1) is 0 Å². The van der Waals surface area contributed by atoms with E-state index < -0.39 is 0 Å². The number of nitrogens with zero attached hydrogens (tertiary/aromatic N) is 2. The van der Waals surface area contributed by atoms with Gasteiger partial charge >= 0.3 is 0 Å². The Bertz CT molecular complexity index is 539. The summed E-state index contributed by atoms with van der Waals surface area (Å²) in [6.45, 7) is 2.82. The van der Waals surface area contributed by atoms with Gasteiger partial charge in [-0.25, -0.2) is 0 Å². The summed E-state index contributed by atoms with van der Waals surface area (Å²) in [6, 6.07) is 3.51. The van der Waals surface area contributed by atoms with E-state index in [9.17, 15) is 9.59 Å². The van der Waals surface area contributed by atoms with E-state index in [1.165, 1.54) is 25.5 Å². The lowest BCUT2D eigenvalue weighted by Gasteiger charge is -2.22. The van der Waals surface area contributed by atoms with E-state index in [0.29, 0.717) is 11.3 Å². The van der Waals surface area contributed by atoms with Crippen LogP contribution in [0.15, 0.2) is 18.3 Å². The Balaban J connectivity index is 2.00. The third-order valence-electron chi connectivity index (χ3n) is 4.37. The van der Waals surface area contributed by atoms with E-state index in [-0.39, 0.29) is 17.9 Å². The maximum atomic E-state index is 12.4. The van der Waals surface area contributed by atoms with Gasteiger partial charge in [0.25, 0.3) is 11.8 Å². The molecule has 0 radical (unpaired) electrons. The number of nitrogens with one attached hydrogen (secondary N) is 1. The highest BCUT2D eigenvalue weighted by molar-refractivity contribution is 5.98. The molecule has 2 rings (SSSR count). The summed E-state index contributed by atoms with van der Waals surface area (Å²) in [4.78, 5) is 30.5. The molecule has 0 aromatic carbocycles. The largest absolute Gasteiger partial charge is 0.348 e. The fourth-order valence-corrected chi connectivity index (χ4v) is 2.91. The Morgan fingerprint density at radius 3 is 2.74 bits per heavy atom. The van der Waals surface area contributed by atoms with E-state index in [1.54, 1.807) is 24.1 Å². The molecule has 23 heavy (non-hydrogen) atoms. The highest BCUT2D eigenvalue weighted by atomic mass is 16.2. The minimum absolute atomic E-state index is 0.0624. The maximum absolute atomic E-state index is 12.4. The summed E-state index contributed by atoms with van der Waals surface area (Å²) >= 11 is 0. The normalized spacial score (nSPS) is 15.2. The average Bonchev–Trinajstić information content (AvgIpc) is 2.60. The van der Waals surface area contributed by atoms with Crippen LogP contribution in [0.4, 0.5) is 0 Å². The molecule has 1 N–H and O–H groups in total. The first-order valence-electron chi connectivity index (χ1n) is 8.64. The van der Waals surface area contributed by atoms with Gasteiger partial charge in [0.1, 0.15) is 5.69 Å². The molecule has 2 amide bonds. The van der Waals surface area contributed by atoms with Gasteiger partial charge in [-0.05, 0) is 31.4 Å². The first-order chi connectivity index (χ1) is 11.1. The van der Waals surface area contributed by atoms with Crippen LogP contribution in [-0.4, -0.2) is 41.3 Å². The molecule has 0 saturated heterocycles. The number of carbonyl (C=O) groups is 2. The molecule has 5 heteroatoms. The smallest absolute Gasteiger partial charge is 0.270 e. The van der Waals surface area contributed by atoms with Crippen molar-refractivity contribution in [2.24, 2.45) is 0 Å². The van der Waals surface area contributed by atoms with Crippen molar-refractivity contribution in [1.29, 1.82) is 0 Å². The van der Waals surface area contributed by atoms with Gasteiger partial charge in [0.2, 0.25) is 0 Å². The maximum Gasteiger partial charge on any atom is 0.270 e. The predicted molar refractivity (Wildman–Crippen MR) is 90.4 cm³/mol. The molecule has 1 aliphatic carbocycles. The fraction of sp³-hybridized carbons (Fsp3) is 0.611. The lowest BCUT2D eigenvalue weighted by molar-refractivity contribution is 0.0793. The third kappa shape index (κ3) is 5.05. The van der Waals surface area contributed by atoms with Crippen molar-refractivity contribution in [1.82, 2.24) is 15.2 Å². The summed E-state index contributed by atoms with van der Waals surface area (Å²) in [5.74, 6) is -0.240. The lowest BCUT2D eigenvalue weighted by atomic mass is 9.95. The summed E-state index contributed by atoms with van der Waals surface area (Å²) in [5.41, 5.74) is 0.845. The molecular weight excluding hydrogens is 290 g/mol. The third-order valence-corrected chi connectivity index (χ3v) is 4.37. The van der Waals surface area contributed by atoms with E-state index in [2.05, 4.69) is 17.2 Å². The fourth-order valence-electron chi connectivity index (χ4n) is 2.91. The van der Waals surface area contributed by atoms with Gasteiger partial charge in [-0.15, -0.1) is 0 Å². The first kappa shape index (κ1) is 17.4. The highest BCUT2D eigenvalue weighted by Gasteiger charge is 2.19. The van der Waals surface area contributed by atoms with Gasteiger partial charge in [0.15, 0.2) is 0 Å². The number of rotatable bonds is 6. The Morgan fingerprint density at radius 1 is 1.30 bits per heavy atom. The number of hydrogen-bond acceptors (Lipinski definition) is 3. The molecule has 1 heterocycles. The molecule has 0 unspecified atom stereocenters. The van der Waals surface area contributed by atoms with Crippen molar-refractivity contribution < 1.29 is 9.59 Å². The number of hydrogen-bond donors (Lipinski definition) is 1. The zero-order chi connectivity index (χ0) is 16.7. The molecular formula is C18H27N3O2. The Morgan fingerprint density at radius 2 is 2.04 bits per heavy atom. The van der Waals surface area contributed by atoms with Crippen LogP contribution in [0.25, 0.3) is 0 Å². The quantitative estimate of drug-likeness (QED) is 0.877. The second-order valence-corrected chi connectivity index (χ2v) is 6.32. The van der Waals surface area contributed by atoms with Crippen molar-refractivity contribution >= 4 is 11.8 Å². The Labute approximate surface area is 138 Å². The Hall–Kier alpha value is -1.91. The summed E-state index contributed by atoms with van der Waals surface area (Å²) < 4.78 is 0. The number of aromatic nitrogens is 1. The average molecular weight is 317 g/mol. The van der Waals surface area contributed by atoms with Crippen LogP contribution < -0.4 is 5.32 Å². The van der Waals surface area contributed by atoms with Crippen molar-refractivity contribution in [2.75, 3.05) is 13.6 Å². The molecule has 1 aliphatic rings. The van der Waals surface area contributed by atoms with Crippen LogP contribution >= 0.6 is 0 Å². The molecule has 1 saturated carbocycles. The monoisotopic (exact) mass is 317 g/mol. The van der Waals surface area contributed by atoms with Crippen LogP contribution in [0.5, 0.6) is 0 Å². The standard InChI is InChI=1S/C18H27N3O2/c1-3-4-12-21(2)18(23)14-10-11-19-16(13-14)17(22)20-15-8-6-5-7-9-15/h10-11,13,15H,3-9,12H2,1-2H3,(H,20,22). The van der Waals surface area contributed by atoms with E-state index in [0.717, 1.165) is 32.2 Å². The van der Waals surface area contributed by atoms with Gasteiger partial charge in [-0.1, -0.05) is 32.6 Å². The van der Waals surface area contributed by atoms with Crippen molar-refractivity contribution in [3.05, 3.63) is 29.6 Å². The molecule has 0 spiro atoms. The first-order valence-corrected chi connectivity index (χ1v) is 8.64. The lowest BCUT2D eigenvalue weighted by Crippen LogP contribution is -2.36. The molecule has 0 aliphatic heterocycles. The predicted octanol–water partition coefficient (Wildman–Crippen LogP) is 3.02. The van der Waals surface area contributed by atoms with E-state index in [4.69, 9.17) is 0 Å². The molecule has 0 atom stereocenters. The molecule has 5 nitrogen and oxygen atoms in total. The minimum Gasteiger partial charge on any atom is -0.348 e. The van der Waals surface area contributed by atoms with Crippen molar-refractivity contribution in [3.63, 3.8) is 0 Å². The van der Waals surface area contributed by atoms with Crippen LogP contribution in [0, 0.1) is 0 Å². The highest BCUT2D eigenvalue weighted by Crippen LogP contribution is 2.17. The Kier molecular flexibility index (Phi) is 6.56. The van der Waals surface area contributed by atoms with Gasteiger partial charge in [-0.3, -0.25) is 14.6 Å². The zero-order valence-corrected chi connectivity index (χ0v) is 14.2. The second-order valence-electron chi connectivity index (χ2n) is 6.32. The van der Waals surface area contributed by atoms with Gasteiger partial charge in [-0.2, -0.15) is 0 Å². The van der Waals surface area contributed by atoms with Crippen molar-refractivity contribution in [3.8, 4) is 0 Å². The molecule has 1 aromatic rings. The second kappa shape index (κ2) is 8.65. The number of amides is 2. The topological polar surface area (TPSA) is 62.3 Å². The molecule has 126 valence electrons. The molecule has 1 fully saturated rings. The van der Waals surface area contributed by atoms with Crippen LogP contribution in [-0.2, 0) is 0 Å². The zero-order valence-electron chi connectivity index (χ0n) is 14.2. The van der Waals surface area contributed by atoms with E-state index in [1.807, 2.05) is 0 Å². The number of carbonyl (C=O) groups excluding carboxylic acids is 2. The van der Waals surface area contributed by atoms with Crippen LogP contribution in [0.2, 0.25) is 0 Å². The minimum atomic E-state index is -0.178. The summed E-state index contributed by atoms with van der Waals surface area (Å²) in [6.07, 6.45) is 9.20. The molecule has 1 aromatic heterocycles. The van der Waals surface area contributed by atoms with Crippen LogP contribution in [0.3, 0.4) is 0 Å². The molecule has 0 bridgehead atoms. The van der Waals surface area contributed by atoms with Gasteiger partial charge in [0, 0.05) is 31.4 Å². The SMILES string of the molecule is CCCCN(C)C(=O)c1ccnc(C(=O)NC2CCCCC2)c1.